The molecule has 1 aliphatic heterocycles. The zero-order chi connectivity index (χ0) is 12.7. The van der Waals surface area contributed by atoms with E-state index < -0.39 is 0 Å². The number of fused-ring (bicyclic) bond motifs is 3. The Bertz CT molecular complexity index is 654. The zero-order valence-corrected chi connectivity index (χ0v) is 10.9. The van der Waals surface area contributed by atoms with E-state index in [0.717, 1.165) is 21.2 Å². The topological polar surface area (TPSA) is 29.1 Å². The standard InChI is InChI=1S/C14H9BrFNO/c15-9-1-3-12-11-4-2-10(16)5-8(11)7-17-14(18)13(12)6-9/h1-6H,7H2,(H,17,18). The molecule has 0 radical (unpaired) electrons. The number of hydrogen-bond donors (Lipinski definition) is 1. The third-order valence-corrected chi connectivity index (χ3v) is 3.52. The van der Waals surface area contributed by atoms with Gasteiger partial charge < -0.3 is 5.32 Å². The number of nitrogens with one attached hydrogen (secondary N) is 1. The van der Waals surface area contributed by atoms with Crippen LogP contribution in [0.5, 0.6) is 0 Å². The molecule has 0 bridgehead atoms. The van der Waals surface area contributed by atoms with Gasteiger partial charge in [-0.25, -0.2) is 4.39 Å². The predicted molar refractivity (Wildman–Crippen MR) is 70.7 cm³/mol. The Kier molecular flexibility index (Phi) is 2.67. The van der Waals surface area contributed by atoms with Gasteiger partial charge in [-0.05, 0) is 41.0 Å². The van der Waals surface area contributed by atoms with E-state index in [1.54, 1.807) is 12.1 Å². The first-order valence-corrected chi connectivity index (χ1v) is 6.31. The molecule has 2 aromatic carbocycles. The van der Waals surface area contributed by atoms with Gasteiger partial charge in [-0.15, -0.1) is 0 Å². The molecule has 90 valence electrons. The molecule has 0 aromatic heterocycles. The van der Waals surface area contributed by atoms with Gasteiger partial charge in [-0.3, -0.25) is 4.79 Å². The van der Waals surface area contributed by atoms with Crippen molar-refractivity contribution < 1.29 is 9.18 Å². The van der Waals surface area contributed by atoms with Crippen LogP contribution >= 0.6 is 15.9 Å². The van der Waals surface area contributed by atoms with Crippen LogP contribution < -0.4 is 5.32 Å². The van der Waals surface area contributed by atoms with E-state index in [1.165, 1.54) is 12.1 Å². The Morgan fingerprint density at radius 1 is 1.06 bits per heavy atom. The highest BCUT2D eigenvalue weighted by atomic mass is 79.9. The first-order valence-electron chi connectivity index (χ1n) is 5.52. The van der Waals surface area contributed by atoms with Crippen molar-refractivity contribution in [2.75, 3.05) is 0 Å². The fraction of sp³-hybridized carbons (Fsp3) is 0.0714. The lowest BCUT2D eigenvalue weighted by molar-refractivity contribution is 0.0952. The summed E-state index contributed by atoms with van der Waals surface area (Å²) in [5.41, 5.74) is 3.14. The average Bonchev–Trinajstić information content (AvgIpc) is 2.48. The van der Waals surface area contributed by atoms with Gasteiger partial charge in [0.2, 0.25) is 0 Å². The molecule has 0 saturated carbocycles. The van der Waals surface area contributed by atoms with Crippen LogP contribution in [0.3, 0.4) is 0 Å². The highest BCUT2D eigenvalue weighted by Gasteiger charge is 2.20. The zero-order valence-electron chi connectivity index (χ0n) is 9.34. The number of carbonyl (C=O) groups is 1. The van der Waals surface area contributed by atoms with Crippen LogP contribution in [-0.4, -0.2) is 5.91 Å². The minimum Gasteiger partial charge on any atom is -0.348 e. The summed E-state index contributed by atoms with van der Waals surface area (Å²) in [6.07, 6.45) is 0. The van der Waals surface area contributed by atoms with Gasteiger partial charge in [0.15, 0.2) is 0 Å². The molecule has 2 aromatic rings. The van der Waals surface area contributed by atoms with Crippen molar-refractivity contribution in [3.05, 3.63) is 57.8 Å². The first-order chi connectivity index (χ1) is 8.65. The summed E-state index contributed by atoms with van der Waals surface area (Å²) in [4.78, 5) is 12.0. The molecular formula is C14H9BrFNO. The maximum Gasteiger partial charge on any atom is 0.252 e. The number of benzene rings is 2. The summed E-state index contributed by atoms with van der Waals surface area (Å²) < 4.78 is 14.1. The van der Waals surface area contributed by atoms with Gasteiger partial charge in [0.25, 0.3) is 5.91 Å². The molecule has 0 aliphatic carbocycles. The molecule has 3 rings (SSSR count). The molecule has 1 amide bonds. The molecule has 1 aliphatic rings. The minimum absolute atomic E-state index is 0.136. The number of carbonyl (C=O) groups excluding carboxylic acids is 1. The third-order valence-electron chi connectivity index (χ3n) is 3.02. The SMILES string of the molecule is O=C1NCc2cc(F)ccc2-c2ccc(Br)cc21. The summed E-state index contributed by atoms with van der Waals surface area (Å²) in [5.74, 6) is -0.425. The summed E-state index contributed by atoms with van der Waals surface area (Å²) >= 11 is 3.35. The second kappa shape index (κ2) is 4.21. The lowest BCUT2D eigenvalue weighted by atomic mass is 9.96. The van der Waals surface area contributed by atoms with Gasteiger partial charge in [0.1, 0.15) is 5.82 Å². The smallest absolute Gasteiger partial charge is 0.252 e. The van der Waals surface area contributed by atoms with Gasteiger partial charge in [0.05, 0.1) is 0 Å². The molecule has 0 atom stereocenters. The average molecular weight is 306 g/mol. The van der Waals surface area contributed by atoms with Gasteiger partial charge in [-0.1, -0.05) is 28.1 Å². The van der Waals surface area contributed by atoms with Crippen LogP contribution in [0.25, 0.3) is 11.1 Å². The molecule has 0 saturated heterocycles. The Balaban J connectivity index is 2.30. The van der Waals surface area contributed by atoms with Crippen LogP contribution in [0.2, 0.25) is 0 Å². The van der Waals surface area contributed by atoms with E-state index in [4.69, 9.17) is 0 Å². The highest BCUT2D eigenvalue weighted by molar-refractivity contribution is 9.10. The van der Waals surface area contributed by atoms with Crippen LogP contribution in [-0.2, 0) is 6.54 Å². The van der Waals surface area contributed by atoms with E-state index in [0.29, 0.717) is 12.1 Å². The number of amides is 1. The molecule has 18 heavy (non-hydrogen) atoms. The maximum atomic E-state index is 13.2. The molecule has 0 fully saturated rings. The van der Waals surface area contributed by atoms with Crippen LogP contribution in [0.15, 0.2) is 40.9 Å². The van der Waals surface area contributed by atoms with Crippen LogP contribution in [0, 0.1) is 5.82 Å². The van der Waals surface area contributed by atoms with Crippen molar-refractivity contribution >= 4 is 21.8 Å². The maximum absolute atomic E-state index is 13.2. The fourth-order valence-electron chi connectivity index (χ4n) is 2.18. The minimum atomic E-state index is -0.288. The third kappa shape index (κ3) is 1.82. The Labute approximate surface area is 112 Å². The van der Waals surface area contributed by atoms with Crippen molar-refractivity contribution in [3.63, 3.8) is 0 Å². The summed E-state index contributed by atoms with van der Waals surface area (Å²) in [6.45, 7) is 0.345. The van der Waals surface area contributed by atoms with Crippen LogP contribution in [0.1, 0.15) is 15.9 Å². The van der Waals surface area contributed by atoms with E-state index in [9.17, 15) is 9.18 Å². The van der Waals surface area contributed by atoms with Crippen molar-refractivity contribution in [2.24, 2.45) is 0 Å². The molecule has 1 N–H and O–H groups in total. The number of rotatable bonds is 0. The monoisotopic (exact) mass is 305 g/mol. The normalized spacial score (nSPS) is 13.3. The van der Waals surface area contributed by atoms with Crippen LogP contribution in [0.4, 0.5) is 4.39 Å². The van der Waals surface area contributed by atoms with Gasteiger partial charge >= 0.3 is 0 Å². The van der Waals surface area contributed by atoms with Crippen molar-refractivity contribution in [1.82, 2.24) is 5.32 Å². The van der Waals surface area contributed by atoms with Crippen molar-refractivity contribution in [1.29, 1.82) is 0 Å². The second-order valence-corrected chi connectivity index (χ2v) is 5.09. The predicted octanol–water partition coefficient (Wildman–Crippen LogP) is 3.50. The molecule has 0 spiro atoms. The lowest BCUT2D eigenvalue weighted by Gasteiger charge is -2.08. The fourth-order valence-corrected chi connectivity index (χ4v) is 2.54. The van der Waals surface area contributed by atoms with Gasteiger partial charge in [-0.2, -0.15) is 0 Å². The summed E-state index contributed by atoms with van der Waals surface area (Å²) in [6, 6.07) is 10.1. The van der Waals surface area contributed by atoms with E-state index in [1.807, 2.05) is 12.1 Å². The van der Waals surface area contributed by atoms with Crippen molar-refractivity contribution in [2.45, 2.75) is 6.54 Å². The summed E-state index contributed by atoms with van der Waals surface area (Å²) in [7, 11) is 0. The Morgan fingerprint density at radius 3 is 2.67 bits per heavy atom. The van der Waals surface area contributed by atoms with E-state index in [-0.39, 0.29) is 11.7 Å². The first kappa shape index (κ1) is 11.4. The quantitative estimate of drug-likeness (QED) is 0.793. The van der Waals surface area contributed by atoms with Gasteiger partial charge in [0, 0.05) is 16.6 Å². The molecule has 2 nitrogen and oxygen atoms in total. The number of halogens is 2. The highest BCUT2D eigenvalue weighted by Crippen LogP contribution is 2.31. The van der Waals surface area contributed by atoms with E-state index >= 15 is 0 Å². The summed E-state index contributed by atoms with van der Waals surface area (Å²) in [5, 5.41) is 2.78. The number of hydrogen-bond acceptors (Lipinski definition) is 1. The largest absolute Gasteiger partial charge is 0.348 e. The second-order valence-electron chi connectivity index (χ2n) is 4.17. The van der Waals surface area contributed by atoms with Crippen molar-refractivity contribution in [3.8, 4) is 11.1 Å². The Hall–Kier alpha value is -1.68. The molecule has 0 unspecified atom stereocenters. The Morgan fingerprint density at radius 2 is 1.83 bits per heavy atom. The lowest BCUT2D eigenvalue weighted by Crippen LogP contribution is -2.21. The molecular weight excluding hydrogens is 297 g/mol. The molecule has 4 heteroatoms. The van der Waals surface area contributed by atoms with E-state index in [2.05, 4.69) is 21.2 Å². The molecule has 1 heterocycles.